The smallest absolute Gasteiger partial charge is 0.251 e. The SMILES string of the molecule is CCNC(=O)c1cccc(CNC(=NC)N(C)Cc2ccc(OC)cc2)c1.I. The third kappa shape index (κ3) is 7.03. The number of guanidine groups is 1. The van der Waals surface area contributed by atoms with E-state index in [1.165, 1.54) is 5.56 Å². The van der Waals surface area contributed by atoms with E-state index in [4.69, 9.17) is 4.74 Å². The monoisotopic (exact) mass is 496 g/mol. The van der Waals surface area contributed by atoms with Crippen LogP contribution in [0.15, 0.2) is 53.5 Å². The van der Waals surface area contributed by atoms with Crippen molar-refractivity contribution in [1.29, 1.82) is 0 Å². The molecule has 2 aromatic carbocycles. The number of methoxy groups -OCH3 is 1. The van der Waals surface area contributed by atoms with Gasteiger partial charge in [0.05, 0.1) is 7.11 Å². The number of aliphatic imine (C=N–C) groups is 1. The summed E-state index contributed by atoms with van der Waals surface area (Å²) in [5.41, 5.74) is 2.86. The van der Waals surface area contributed by atoms with Gasteiger partial charge < -0.3 is 20.3 Å². The lowest BCUT2D eigenvalue weighted by Crippen LogP contribution is -2.38. The lowest BCUT2D eigenvalue weighted by molar-refractivity contribution is 0.0955. The zero-order valence-electron chi connectivity index (χ0n) is 16.9. The number of rotatable bonds is 7. The number of hydrogen-bond acceptors (Lipinski definition) is 3. The highest BCUT2D eigenvalue weighted by atomic mass is 127. The fourth-order valence-corrected chi connectivity index (χ4v) is 2.73. The minimum atomic E-state index is -0.0552. The first-order valence-electron chi connectivity index (χ1n) is 8.99. The summed E-state index contributed by atoms with van der Waals surface area (Å²) in [4.78, 5) is 18.4. The molecule has 28 heavy (non-hydrogen) atoms. The van der Waals surface area contributed by atoms with Crippen molar-refractivity contribution in [2.24, 2.45) is 4.99 Å². The van der Waals surface area contributed by atoms with Crippen LogP contribution in [0.5, 0.6) is 5.75 Å². The molecule has 7 heteroatoms. The standard InChI is InChI=1S/C21H28N4O2.HI/c1-5-23-20(26)18-8-6-7-17(13-18)14-24-21(22-2)25(3)15-16-9-11-19(27-4)12-10-16;/h6-13H,5,14-15H2,1-4H3,(H,22,24)(H,23,26);1H. The first-order valence-corrected chi connectivity index (χ1v) is 8.99. The fraction of sp³-hybridized carbons (Fsp3) is 0.333. The molecule has 0 fully saturated rings. The van der Waals surface area contributed by atoms with Crippen LogP contribution in [0.25, 0.3) is 0 Å². The van der Waals surface area contributed by atoms with Gasteiger partial charge in [0.1, 0.15) is 5.75 Å². The van der Waals surface area contributed by atoms with Crippen molar-refractivity contribution in [2.75, 3.05) is 27.7 Å². The van der Waals surface area contributed by atoms with Gasteiger partial charge >= 0.3 is 0 Å². The van der Waals surface area contributed by atoms with Gasteiger partial charge in [0, 0.05) is 39.3 Å². The molecule has 0 spiro atoms. The number of hydrogen-bond donors (Lipinski definition) is 2. The highest BCUT2D eigenvalue weighted by molar-refractivity contribution is 14.0. The Balaban J connectivity index is 0.00000392. The summed E-state index contributed by atoms with van der Waals surface area (Å²) >= 11 is 0. The van der Waals surface area contributed by atoms with E-state index in [9.17, 15) is 4.79 Å². The number of ether oxygens (including phenoxy) is 1. The zero-order chi connectivity index (χ0) is 19.6. The van der Waals surface area contributed by atoms with E-state index in [1.54, 1.807) is 14.2 Å². The summed E-state index contributed by atoms with van der Waals surface area (Å²) in [6.45, 7) is 3.84. The second-order valence-electron chi connectivity index (χ2n) is 6.16. The van der Waals surface area contributed by atoms with Crippen LogP contribution in [0, 0.1) is 0 Å². The van der Waals surface area contributed by atoms with E-state index in [2.05, 4.69) is 20.5 Å². The molecular formula is C21H29IN4O2. The molecule has 0 saturated carbocycles. The summed E-state index contributed by atoms with van der Waals surface area (Å²) in [6.07, 6.45) is 0. The molecular weight excluding hydrogens is 467 g/mol. The maximum atomic E-state index is 12.0. The Morgan fingerprint density at radius 2 is 1.82 bits per heavy atom. The summed E-state index contributed by atoms with van der Waals surface area (Å²) in [5, 5.41) is 6.16. The number of nitrogens with zero attached hydrogens (tertiary/aromatic N) is 2. The first-order chi connectivity index (χ1) is 13.1. The molecule has 0 aliphatic rings. The van der Waals surface area contributed by atoms with Crippen molar-refractivity contribution in [2.45, 2.75) is 20.0 Å². The van der Waals surface area contributed by atoms with Crippen molar-refractivity contribution in [3.05, 3.63) is 65.2 Å². The number of carbonyl (C=O) groups excluding carboxylic acids is 1. The second-order valence-corrected chi connectivity index (χ2v) is 6.16. The van der Waals surface area contributed by atoms with Gasteiger partial charge in [-0.2, -0.15) is 0 Å². The van der Waals surface area contributed by atoms with E-state index in [1.807, 2.05) is 62.5 Å². The van der Waals surface area contributed by atoms with Crippen LogP contribution < -0.4 is 15.4 Å². The second kappa shape index (κ2) is 12.2. The predicted molar refractivity (Wildman–Crippen MR) is 125 cm³/mol. The first kappa shape index (κ1) is 23.7. The molecule has 2 rings (SSSR count). The third-order valence-corrected chi connectivity index (χ3v) is 4.13. The number of amides is 1. The van der Waals surface area contributed by atoms with Gasteiger partial charge in [-0.15, -0.1) is 24.0 Å². The Bertz CT molecular complexity index is 778. The van der Waals surface area contributed by atoms with Crippen molar-refractivity contribution >= 4 is 35.8 Å². The van der Waals surface area contributed by atoms with Gasteiger partial charge in [-0.1, -0.05) is 24.3 Å². The van der Waals surface area contributed by atoms with Crippen LogP contribution >= 0.6 is 24.0 Å². The van der Waals surface area contributed by atoms with Crippen LogP contribution in [0.1, 0.15) is 28.4 Å². The molecule has 0 radical (unpaired) electrons. The Labute approximate surface area is 184 Å². The Hall–Kier alpha value is -2.29. The molecule has 0 bridgehead atoms. The van der Waals surface area contributed by atoms with Gasteiger partial charge in [0.2, 0.25) is 0 Å². The van der Waals surface area contributed by atoms with Gasteiger partial charge in [-0.05, 0) is 42.3 Å². The molecule has 2 N–H and O–H groups in total. The normalized spacial score (nSPS) is 10.6. The zero-order valence-corrected chi connectivity index (χ0v) is 19.2. The molecule has 152 valence electrons. The molecule has 2 aromatic rings. The lowest BCUT2D eigenvalue weighted by Gasteiger charge is -2.22. The van der Waals surface area contributed by atoms with Crippen LogP contribution in [0.3, 0.4) is 0 Å². The molecule has 0 heterocycles. The highest BCUT2D eigenvalue weighted by Gasteiger charge is 2.08. The number of nitrogens with one attached hydrogen (secondary N) is 2. The lowest BCUT2D eigenvalue weighted by atomic mass is 10.1. The number of halogens is 1. The third-order valence-electron chi connectivity index (χ3n) is 4.13. The van der Waals surface area contributed by atoms with Gasteiger partial charge in [0.15, 0.2) is 5.96 Å². The van der Waals surface area contributed by atoms with E-state index in [0.29, 0.717) is 18.7 Å². The maximum Gasteiger partial charge on any atom is 0.251 e. The van der Waals surface area contributed by atoms with Gasteiger partial charge in [0.25, 0.3) is 5.91 Å². The largest absolute Gasteiger partial charge is 0.497 e. The van der Waals surface area contributed by atoms with E-state index < -0.39 is 0 Å². The minimum Gasteiger partial charge on any atom is -0.497 e. The van der Waals surface area contributed by atoms with Crippen LogP contribution in [0.4, 0.5) is 0 Å². The maximum absolute atomic E-state index is 12.0. The van der Waals surface area contributed by atoms with Gasteiger partial charge in [-0.25, -0.2) is 0 Å². The Kier molecular flexibility index (Phi) is 10.4. The summed E-state index contributed by atoms with van der Waals surface area (Å²) < 4.78 is 5.19. The summed E-state index contributed by atoms with van der Waals surface area (Å²) in [6, 6.07) is 15.6. The Morgan fingerprint density at radius 1 is 1.11 bits per heavy atom. The van der Waals surface area contributed by atoms with Crippen LogP contribution in [-0.2, 0) is 13.1 Å². The Morgan fingerprint density at radius 3 is 2.43 bits per heavy atom. The van der Waals surface area contributed by atoms with E-state index in [-0.39, 0.29) is 29.9 Å². The molecule has 0 aromatic heterocycles. The van der Waals surface area contributed by atoms with Crippen molar-refractivity contribution in [3.8, 4) is 5.75 Å². The summed E-state index contributed by atoms with van der Waals surface area (Å²) in [5.74, 6) is 1.57. The molecule has 0 aliphatic carbocycles. The van der Waals surface area contributed by atoms with Crippen molar-refractivity contribution in [1.82, 2.24) is 15.5 Å². The average molecular weight is 496 g/mol. The van der Waals surface area contributed by atoms with Crippen LogP contribution in [0.2, 0.25) is 0 Å². The van der Waals surface area contributed by atoms with Gasteiger partial charge in [-0.3, -0.25) is 9.79 Å². The molecule has 0 unspecified atom stereocenters. The van der Waals surface area contributed by atoms with E-state index in [0.717, 1.165) is 23.8 Å². The van der Waals surface area contributed by atoms with Crippen molar-refractivity contribution < 1.29 is 9.53 Å². The molecule has 0 atom stereocenters. The summed E-state index contributed by atoms with van der Waals surface area (Å²) in [7, 11) is 5.41. The highest BCUT2D eigenvalue weighted by Crippen LogP contribution is 2.12. The molecule has 6 nitrogen and oxygen atoms in total. The number of carbonyl (C=O) groups is 1. The molecule has 0 aliphatic heterocycles. The number of benzene rings is 2. The minimum absolute atomic E-state index is 0. The average Bonchev–Trinajstić information content (AvgIpc) is 2.69. The quantitative estimate of drug-likeness (QED) is 0.351. The molecule has 1 amide bonds. The molecule has 0 saturated heterocycles. The van der Waals surface area contributed by atoms with Crippen LogP contribution in [-0.4, -0.2) is 44.5 Å². The van der Waals surface area contributed by atoms with E-state index >= 15 is 0 Å². The topological polar surface area (TPSA) is 66.0 Å². The predicted octanol–water partition coefficient (Wildman–Crippen LogP) is 3.27. The van der Waals surface area contributed by atoms with Crippen molar-refractivity contribution in [3.63, 3.8) is 0 Å². The fourth-order valence-electron chi connectivity index (χ4n) is 2.73.